The molecule has 1 aliphatic rings. The van der Waals surface area contributed by atoms with Crippen molar-refractivity contribution in [1.82, 2.24) is 0 Å². The fourth-order valence-electron chi connectivity index (χ4n) is 2.60. The lowest BCUT2D eigenvalue weighted by molar-refractivity contribution is -0.137. The summed E-state index contributed by atoms with van der Waals surface area (Å²) in [6.45, 7) is 0. The fourth-order valence-corrected chi connectivity index (χ4v) is 2.77. The Balaban J connectivity index is 2.21. The van der Waals surface area contributed by atoms with Gasteiger partial charge < -0.3 is 10.5 Å². The summed E-state index contributed by atoms with van der Waals surface area (Å²) in [5, 5.41) is 0. The second-order valence-electron chi connectivity index (χ2n) is 5.30. The Hall–Kier alpha value is -1.30. The van der Waals surface area contributed by atoms with Crippen LogP contribution in [0.5, 0.6) is 5.75 Å². The topological polar surface area (TPSA) is 35.2 Å². The van der Waals surface area contributed by atoms with Crippen LogP contribution in [0.2, 0.25) is 0 Å². The van der Waals surface area contributed by atoms with Gasteiger partial charge in [-0.15, -0.1) is 0 Å². The molecular formula is C15H18F3NOS. The molecule has 0 heterocycles. The van der Waals surface area contributed by atoms with Gasteiger partial charge in [-0.05, 0) is 43.9 Å². The highest BCUT2D eigenvalue weighted by molar-refractivity contribution is 7.80. The molecule has 0 atom stereocenters. The summed E-state index contributed by atoms with van der Waals surface area (Å²) in [5.74, 6) is 0.401. The van der Waals surface area contributed by atoms with E-state index in [1.54, 1.807) is 0 Å². The van der Waals surface area contributed by atoms with Crippen LogP contribution >= 0.6 is 12.2 Å². The summed E-state index contributed by atoms with van der Waals surface area (Å²) in [6, 6.07) is 3.63. The second kappa shape index (κ2) is 6.64. The number of hydrogen-bond acceptors (Lipinski definition) is 2. The molecule has 2 N–H and O–H groups in total. The van der Waals surface area contributed by atoms with Crippen LogP contribution in [0.25, 0.3) is 0 Å². The Kier molecular flexibility index (Phi) is 5.08. The number of halogens is 3. The quantitative estimate of drug-likeness (QED) is 0.661. The van der Waals surface area contributed by atoms with E-state index in [2.05, 4.69) is 0 Å². The molecule has 2 nitrogen and oxygen atoms in total. The van der Waals surface area contributed by atoms with E-state index in [1.165, 1.54) is 25.0 Å². The van der Waals surface area contributed by atoms with Crippen LogP contribution in [0.1, 0.15) is 49.7 Å². The van der Waals surface area contributed by atoms with Gasteiger partial charge in [-0.1, -0.05) is 25.1 Å². The van der Waals surface area contributed by atoms with Gasteiger partial charge in [0, 0.05) is 5.56 Å². The molecule has 0 aromatic heterocycles. The second-order valence-corrected chi connectivity index (χ2v) is 5.74. The van der Waals surface area contributed by atoms with E-state index in [1.807, 2.05) is 0 Å². The Morgan fingerprint density at radius 3 is 2.29 bits per heavy atom. The Labute approximate surface area is 127 Å². The van der Waals surface area contributed by atoms with Crippen molar-refractivity contribution in [2.45, 2.75) is 50.8 Å². The normalized spacial score (nSPS) is 17.3. The van der Waals surface area contributed by atoms with Gasteiger partial charge in [0.15, 0.2) is 0 Å². The zero-order valence-corrected chi connectivity index (χ0v) is 12.4. The molecule has 0 radical (unpaired) electrons. The summed E-state index contributed by atoms with van der Waals surface area (Å²) in [6.07, 6.45) is 2.01. The van der Waals surface area contributed by atoms with Gasteiger partial charge >= 0.3 is 6.18 Å². The van der Waals surface area contributed by atoms with E-state index in [9.17, 15) is 13.2 Å². The van der Waals surface area contributed by atoms with Crippen molar-refractivity contribution in [3.8, 4) is 5.75 Å². The van der Waals surface area contributed by atoms with Crippen LogP contribution in [0.3, 0.4) is 0 Å². The number of benzene rings is 1. The largest absolute Gasteiger partial charge is 0.490 e. The average molecular weight is 317 g/mol. The number of alkyl halides is 3. The zero-order valence-electron chi connectivity index (χ0n) is 11.6. The molecule has 0 aliphatic heterocycles. The minimum Gasteiger partial charge on any atom is -0.490 e. The summed E-state index contributed by atoms with van der Waals surface area (Å²) in [5.41, 5.74) is 4.42. The minimum absolute atomic E-state index is 0.0587. The number of nitrogens with two attached hydrogens (primary N) is 1. The fraction of sp³-hybridized carbons (Fsp3) is 0.533. The molecule has 21 heavy (non-hydrogen) atoms. The molecule has 2 rings (SSSR count). The van der Waals surface area contributed by atoms with Crippen molar-refractivity contribution < 1.29 is 17.9 Å². The molecule has 0 amide bonds. The lowest BCUT2D eigenvalue weighted by atomic mass is 10.1. The van der Waals surface area contributed by atoms with E-state index in [0.29, 0.717) is 5.75 Å². The molecule has 1 fully saturated rings. The van der Waals surface area contributed by atoms with Gasteiger partial charge in [0.1, 0.15) is 10.7 Å². The Morgan fingerprint density at radius 1 is 1.14 bits per heavy atom. The van der Waals surface area contributed by atoms with Crippen LogP contribution in [-0.2, 0) is 6.18 Å². The minimum atomic E-state index is -4.47. The molecule has 0 unspecified atom stereocenters. The predicted octanol–water partition coefficient (Wildman–Crippen LogP) is 4.44. The van der Waals surface area contributed by atoms with Gasteiger partial charge in [-0.25, -0.2) is 0 Å². The molecule has 0 bridgehead atoms. The highest BCUT2D eigenvalue weighted by atomic mass is 32.1. The van der Waals surface area contributed by atoms with Crippen LogP contribution in [0.4, 0.5) is 13.2 Å². The van der Waals surface area contributed by atoms with Gasteiger partial charge in [-0.2, -0.15) is 13.2 Å². The van der Waals surface area contributed by atoms with Crippen molar-refractivity contribution >= 4 is 17.2 Å². The molecule has 0 saturated heterocycles. The first-order chi connectivity index (χ1) is 9.88. The Morgan fingerprint density at radius 2 is 1.76 bits per heavy atom. The lowest BCUT2D eigenvalue weighted by Gasteiger charge is -2.19. The first-order valence-electron chi connectivity index (χ1n) is 7.05. The van der Waals surface area contributed by atoms with Crippen LogP contribution in [0.15, 0.2) is 18.2 Å². The molecule has 1 aromatic rings. The number of ether oxygens (including phenoxy) is 1. The maximum Gasteiger partial charge on any atom is 0.417 e. The van der Waals surface area contributed by atoms with E-state index >= 15 is 0 Å². The third-order valence-corrected chi connectivity index (χ3v) is 3.89. The maximum absolute atomic E-state index is 12.9. The summed E-state index contributed by atoms with van der Waals surface area (Å²) < 4.78 is 44.5. The van der Waals surface area contributed by atoms with Gasteiger partial charge in [-0.3, -0.25) is 0 Å². The predicted molar refractivity (Wildman–Crippen MR) is 79.4 cm³/mol. The molecule has 0 spiro atoms. The highest BCUT2D eigenvalue weighted by Crippen LogP contribution is 2.34. The van der Waals surface area contributed by atoms with Gasteiger partial charge in [0.05, 0.1) is 11.7 Å². The SMILES string of the molecule is NC(=S)c1cc(OC2CCCCCC2)ccc1C(F)(F)F. The molecule has 116 valence electrons. The number of rotatable bonds is 3. The van der Waals surface area contributed by atoms with Crippen LogP contribution in [0, 0.1) is 0 Å². The number of thiocarbonyl (C=S) groups is 1. The summed E-state index contributed by atoms with van der Waals surface area (Å²) in [7, 11) is 0. The Bertz CT molecular complexity index is 508. The smallest absolute Gasteiger partial charge is 0.417 e. The third kappa shape index (κ3) is 4.33. The van der Waals surface area contributed by atoms with Crippen LogP contribution < -0.4 is 10.5 Å². The average Bonchev–Trinajstić information content (AvgIpc) is 2.66. The molecule has 1 saturated carbocycles. The maximum atomic E-state index is 12.9. The van der Waals surface area contributed by atoms with Crippen molar-refractivity contribution in [1.29, 1.82) is 0 Å². The highest BCUT2D eigenvalue weighted by Gasteiger charge is 2.34. The van der Waals surface area contributed by atoms with Crippen molar-refractivity contribution in [3.63, 3.8) is 0 Å². The van der Waals surface area contributed by atoms with E-state index in [4.69, 9.17) is 22.7 Å². The molecule has 1 aliphatic carbocycles. The van der Waals surface area contributed by atoms with Crippen LogP contribution in [-0.4, -0.2) is 11.1 Å². The standard InChI is InChI=1S/C15H18F3NOS/c16-15(17,18)13-8-7-11(9-12(13)14(19)21)20-10-5-3-1-2-4-6-10/h7-10H,1-6H2,(H2,19,21). The first kappa shape index (κ1) is 16.1. The van der Waals surface area contributed by atoms with Gasteiger partial charge in [0.25, 0.3) is 0 Å². The zero-order chi connectivity index (χ0) is 15.5. The van der Waals surface area contributed by atoms with E-state index in [0.717, 1.165) is 31.7 Å². The van der Waals surface area contributed by atoms with Crippen molar-refractivity contribution in [3.05, 3.63) is 29.3 Å². The molecule has 6 heteroatoms. The molecule has 1 aromatic carbocycles. The van der Waals surface area contributed by atoms with Gasteiger partial charge in [0.2, 0.25) is 0 Å². The molecular weight excluding hydrogens is 299 g/mol. The lowest BCUT2D eigenvalue weighted by Crippen LogP contribution is -2.19. The summed E-state index contributed by atoms with van der Waals surface area (Å²) >= 11 is 4.73. The van der Waals surface area contributed by atoms with E-state index < -0.39 is 11.7 Å². The monoisotopic (exact) mass is 317 g/mol. The summed E-state index contributed by atoms with van der Waals surface area (Å²) in [4.78, 5) is -0.270. The van der Waals surface area contributed by atoms with Crippen molar-refractivity contribution in [2.75, 3.05) is 0 Å². The number of hydrogen-bond donors (Lipinski definition) is 1. The van der Waals surface area contributed by atoms with E-state index in [-0.39, 0.29) is 16.7 Å². The first-order valence-corrected chi connectivity index (χ1v) is 7.46. The van der Waals surface area contributed by atoms with Crippen molar-refractivity contribution in [2.24, 2.45) is 5.73 Å². The third-order valence-electron chi connectivity index (χ3n) is 3.67.